The fourth-order valence-corrected chi connectivity index (χ4v) is 4.01. The lowest BCUT2D eigenvalue weighted by atomic mass is 9.96. The molecule has 0 saturated carbocycles. The zero-order valence-electron chi connectivity index (χ0n) is 16.0. The molecule has 1 fully saturated rings. The number of anilines is 1. The Balaban J connectivity index is 2.06. The maximum Gasteiger partial charge on any atom is 0.348 e. The van der Waals surface area contributed by atoms with Crippen LogP contribution in [0.5, 0.6) is 0 Å². The van der Waals surface area contributed by atoms with Gasteiger partial charge in [0.2, 0.25) is 5.91 Å². The van der Waals surface area contributed by atoms with Crippen LogP contribution in [0.2, 0.25) is 0 Å². The number of esters is 1. The Morgan fingerprint density at radius 2 is 1.96 bits per heavy atom. The van der Waals surface area contributed by atoms with Crippen molar-refractivity contribution in [2.45, 2.75) is 26.7 Å². The molecule has 1 aromatic heterocycles. The lowest BCUT2D eigenvalue weighted by Crippen LogP contribution is -2.45. The standard InChI is InChI=1S/C18H24N4O4S/c1-5-26-17(24)14-11(2)13(10-19)16(27-14)20-15(23)12-6-8-22(9-7-12)18(25)21(3)4/h12H,5-9H2,1-4H3,(H,20,23). The van der Waals surface area contributed by atoms with Gasteiger partial charge in [-0.15, -0.1) is 11.3 Å². The third-order valence-corrected chi connectivity index (χ3v) is 5.66. The quantitative estimate of drug-likeness (QED) is 0.793. The van der Waals surface area contributed by atoms with Crippen LogP contribution in [0.4, 0.5) is 9.80 Å². The van der Waals surface area contributed by atoms with Crippen LogP contribution in [0.3, 0.4) is 0 Å². The Hall–Kier alpha value is -2.60. The highest BCUT2D eigenvalue weighted by Gasteiger charge is 2.29. The maximum atomic E-state index is 12.6. The maximum absolute atomic E-state index is 12.6. The van der Waals surface area contributed by atoms with Crippen LogP contribution in [0.1, 0.15) is 40.6 Å². The Morgan fingerprint density at radius 3 is 2.48 bits per heavy atom. The molecule has 146 valence electrons. The van der Waals surface area contributed by atoms with Gasteiger partial charge in [-0.3, -0.25) is 4.79 Å². The lowest BCUT2D eigenvalue weighted by molar-refractivity contribution is -0.121. The molecular formula is C18H24N4O4S. The Bertz CT molecular complexity index is 773. The van der Waals surface area contributed by atoms with Crippen LogP contribution >= 0.6 is 11.3 Å². The van der Waals surface area contributed by atoms with Crippen molar-refractivity contribution < 1.29 is 19.1 Å². The summed E-state index contributed by atoms with van der Waals surface area (Å²) in [5.74, 6) is -0.927. The molecule has 3 amide bonds. The topological polar surface area (TPSA) is 103 Å². The second kappa shape index (κ2) is 8.86. The van der Waals surface area contributed by atoms with Gasteiger partial charge in [-0.05, 0) is 32.3 Å². The summed E-state index contributed by atoms with van der Waals surface area (Å²) in [5.41, 5.74) is 0.805. The molecule has 0 radical (unpaired) electrons. The van der Waals surface area contributed by atoms with Crippen LogP contribution in [-0.4, -0.2) is 61.5 Å². The van der Waals surface area contributed by atoms with Crippen LogP contribution in [-0.2, 0) is 9.53 Å². The number of rotatable bonds is 4. The van der Waals surface area contributed by atoms with Crippen LogP contribution in [0.15, 0.2) is 0 Å². The van der Waals surface area contributed by atoms with E-state index in [0.29, 0.717) is 41.4 Å². The van der Waals surface area contributed by atoms with Crippen molar-refractivity contribution in [2.24, 2.45) is 5.92 Å². The summed E-state index contributed by atoms with van der Waals surface area (Å²) < 4.78 is 5.00. The van der Waals surface area contributed by atoms with Crippen molar-refractivity contribution in [1.82, 2.24) is 9.80 Å². The highest BCUT2D eigenvalue weighted by atomic mass is 32.1. The van der Waals surface area contributed by atoms with Gasteiger partial charge in [-0.2, -0.15) is 5.26 Å². The molecule has 27 heavy (non-hydrogen) atoms. The van der Waals surface area contributed by atoms with Crippen LogP contribution in [0, 0.1) is 24.2 Å². The predicted molar refractivity (Wildman–Crippen MR) is 102 cm³/mol. The number of amides is 3. The average Bonchev–Trinajstić information content (AvgIpc) is 2.96. The summed E-state index contributed by atoms with van der Waals surface area (Å²) in [7, 11) is 3.40. The fraction of sp³-hybridized carbons (Fsp3) is 0.556. The molecule has 0 bridgehead atoms. The van der Waals surface area contributed by atoms with Gasteiger partial charge < -0.3 is 19.9 Å². The third kappa shape index (κ3) is 4.57. The minimum atomic E-state index is -0.493. The van der Waals surface area contributed by atoms with Crippen molar-refractivity contribution in [1.29, 1.82) is 5.26 Å². The zero-order chi connectivity index (χ0) is 20.1. The molecule has 1 aliphatic rings. The first-order valence-corrected chi connectivity index (χ1v) is 9.59. The van der Waals surface area contributed by atoms with E-state index in [0.717, 1.165) is 11.3 Å². The van der Waals surface area contributed by atoms with Gasteiger partial charge in [-0.25, -0.2) is 9.59 Å². The minimum Gasteiger partial charge on any atom is -0.462 e. The van der Waals surface area contributed by atoms with E-state index >= 15 is 0 Å². The number of hydrogen-bond donors (Lipinski definition) is 1. The molecule has 0 unspecified atom stereocenters. The van der Waals surface area contributed by atoms with Gasteiger partial charge in [0.25, 0.3) is 0 Å². The molecule has 2 heterocycles. The molecular weight excluding hydrogens is 368 g/mol. The van der Waals surface area contributed by atoms with Crippen molar-refractivity contribution >= 4 is 34.2 Å². The molecule has 8 nitrogen and oxygen atoms in total. The number of nitrogens with zero attached hydrogens (tertiary/aromatic N) is 3. The number of carbonyl (C=O) groups excluding carboxylic acids is 3. The summed E-state index contributed by atoms with van der Waals surface area (Å²) in [4.78, 5) is 40.2. The largest absolute Gasteiger partial charge is 0.462 e. The lowest BCUT2D eigenvalue weighted by Gasteiger charge is -2.32. The summed E-state index contributed by atoms with van der Waals surface area (Å²) in [6.45, 7) is 4.64. The first-order chi connectivity index (χ1) is 12.8. The smallest absolute Gasteiger partial charge is 0.348 e. The Kier molecular flexibility index (Phi) is 6.80. The first-order valence-electron chi connectivity index (χ1n) is 8.77. The van der Waals surface area contributed by atoms with E-state index in [4.69, 9.17) is 4.74 Å². The molecule has 1 N–H and O–H groups in total. The van der Waals surface area contributed by atoms with Crippen molar-refractivity contribution in [3.8, 4) is 6.07 Å². The number of ether oxygens (including phenoxy) is 1. The fourth-order valence-electron chi connectivity index (χ4n) is 2.96. The molecule has 2 rings (SSSR count). The first kappa shape index (κ1) is 20.7. The highest BCUT2D eigenvalue weighted by molar-refractivity contribution is 7.18. The zero-order valence-corrected chi connectivity index (χ0v) is 16.8. The Morgan fingerprint density at radius 1 is 1.33 bits per heavy atom. The van der Waals surface area contributed by atoms with Crippen molar-refractivity contribution in [3.05, 3.63) is 16.0 Å². The molecule has 0 spiro atoms. The van der Waals surface area contributed by atoms with Gasteiger partial charge in [0, 0.05) is 33.1 Å². The third-order valence-electron chi connectivity index (χ3n) is 4.47. The van der Waals surface area contributed by atoms with Crippen LogP contribution < -0.4 is 5.32 Å². The van der Waals surface area contributed by atoms with Gasteiger partial charge >= 0.3 is 12.0 Å². The van der Waals surface area contributed by atoms with E-state index in [1.807, 2.05) is 0 Å². The summed E-state index contributed by atoms with van der Waals surface area (Å²) in [6, 6.07) is 1.99. The normalized spacial score (nSPS) is 14.4. The number of urea groups is 1. The van der Waals surface area contributed by atoms with Crippen LogP contribution in [0.25, 0.3) is 0 Å². The van der Waals surface area contributed by atoms with Crippen molar-refractivity contribution in [3.63, 3.8) is 0 Å². The molecule has 9 heteroatoms. The monoisotopic (exact) mass is 392 g/mol. The number of hydrogen-bond acceptors (Lipinski definition) is 6. The van der Waals surface area contributed by atoms with Gasteiger partial charge in [0.1, 0.15) is 15.9 Å². The number of likely N-dealkylation sites (tertiary alicyclic amines) is 1. The van der Waals surface area contributed by atoms with E-state index < -0.39 is 5.97 Å². The number of carbonyl (C=O) groups is 3. The number of piperidine rings is 1. The van der Waals surface area contributed by atoms with Gasteiger partial charge in [0.05, 0.1) is 12.2 Å². The van der Waals surface area contributed by atoms with E-state index in [1.165, 1.54) is 4.90 Å². The number of nitriles is 1. The van der Waals surface area contributed by atoms with Gasteiger partial charge in [0.15, 0.2) is 0 Å². The van der Waals surface area contributed by atoms with E-state index in [1.54, 1.807) is 32.8 Å². The highest BCUT2D eigenvalue weighted by Crippen LogP contribution is 2.34. The summed E-state index contributed by atoms with van der Waals surface area (Å²) >= 11 is 1.06. The number of thiophene rings is 1. The Labute approximate surface area is 162 Å². The SMILES string of the molecule is CCOC(=O)c1sc(NC(=O)C2CCN(C(=O)N(C)C)CC2)c(C#N)c1C. The molecule has 1 aliphatic heterocycles. The van der Waals surface area contributed by atoms with Gasteiger partial charge in [-0.1, -0.05) is 0 Å². The second-order valence-electron chi connectivity index (χ2n) is 6.52. The molecule has 0 aliphatic carbocycles. The second-order valence-corrected chi connectivity index (χ2v) is 7.54. The molecule has 0 atom stereocenters. The molecule has 1 aromatic rings. The molecule has 1 saturated heterocycles. The van der Waals surface area contributed by atoms with E-state index in [2.05, 4.69) is 11.4 Å². The average molecular weight is 392 g/mol. The predicted octanol–water partition coefficient (Wildman–Crippen LogP) is 2.44. The minimum absolute atomic E-state index is 0.0615. The van der Waals surface area contributed by atoms with E-state index in [-0.39, 0.29) is 30.0 Å². The van der Waals surface area contributed by atoms with Crippen molar-refractivity contribution in [2.75, 3.05) is 39.1 Å². The molecule has 0 aromatic carbocycles. The summed E-state index contributed by atoms with van der Waals surface area (Å²) in [5, 5.41) is 12.6. The number of nitrogens with one attached hydrogen (secondary N) is 1. The van der Waals surface area contributed by atoms with E-state index in [9.17, 15) is 19.6 Å². The summed E-state index contributed by atoms with van der Waals surface area (Å²) in [6.07, 6.45) is 1.12.